The molecule has 0 N–H and O–H groups in total. The van der Waals surface area contributed by atoms with Crippen molar-refractivity contribution in [1.29, 1.82) is 0 Å². The standard InChI is InChI=1S/C24H21F4N3O2S/c25-19-7-1-16(2-8-19)13-21(32)30-9-11-31(12-10-30)22(33)14-20-15-34-23(29-20)17-3-5-18(6-4-17)24(26,27)28/h1-8,15H,9-14H2. The normalized spacial score (nSPS) is 14.4. The minimum atomic E-state index is -4.39. The highest BCUT2D eigenvalue weighted by molar-refractivity contribution is 7.13. The van der Waals surface area contributed by atoms with Gasteiger partial charge >= 0.3 is 6.18 Å². The zero-order valence-electron chi connectivity index (χ0n) is 18.0. The molecule has 1 saturated heterocycles. The second-order valence-corrected chi connectivity index (χ2v) is 8.82. The van der Waals surface area contributed by atoms with Gasteiger partial charge in [-0.2, -0.15) is 13.2 Å². The first-order chi connectivity index (χ1) is 16.2. The fourth-order valence-corrected chi connectivity index (χ4v) is 4.51. The van der Waals surface area contributed by atoms with Crippen LogP contribution in [0.5, 0.6) is 0 Å². The summed E-state index contributed by atoms with van der Waals surface area (Å²) in [7, 11) is 0. The molecule has 178 valence electrons. The number of benzene rings is 2. The molecule has 34 heavy (non-hydrogen) atoms. The molecule has 10 heteroatoms. The first kappa shape index (κ1) is 23.9. The van der Waals surface area contributed by atoms with Crippen LogP contribution in [0.1, 0.15) is 16.8 Å². The van der Waals surface area contributed by atoms with E-state index in [0.29, 0.717) is 42.4 Å². The lowest BCUT2D eigenvalue weighted by molar-refractivity contribution is -0.138. The Morgan fingerprint density at radius 2 is 1.41 bits per heavy atom. The maximum absolute atomic E-state index is 13.0. The van der Waals surface area contributed by atoms with Gasteiger partial charge in [0.1, 0.15) is 10.8 Å². The number of piperazine rings is 1. The molecule has 0 saturated carbocycles. The van der Waals surface area contributed by atoms with Crippen LogP contribution in [0.4, 0.5) is 17.6 Å². The van der Waals surface area contributed by atoms with Crippen molar-refractivity contribution >= 4 is 23.2 Å². The maximum atomic E-state index is 13.0. The molecule has 0 bridgehead atoms. The van der Waals surface area contributed by atoms with Gasteiger partial charge in [-0.15, -0.1) is 11.3 Å². The summed E-state index contributed by atoms with van der Waals surface area (Å²) in [6.07, 6.45) is -4.13. The molecule has 0 spiro atoms. The van der Waals surface area contributed by atoms with Crippen LogP contribution in [-0.2, 0) is 28.6 Å². The lowest BCUT2D eigenvalue weighted by Crippen LogP contribution is -2.51. The summed E-state index contributed by atoms with van der Waals surface area (Å²) >= 11 is 1.27. The number of thiazole rings is 1. The minimum Gasteiger partial charge on any atom is -0.339 e. The van der Waals surface area contributed by atoms with Crippen LogP contribution in [0.3, 0.4) is 0 Å². The quantitative estimate of drug-likeness (QED) is 0.497. The topological polar surface area (TPSA) is 53.5 Å². The summed E-state index contributed by atoms with van der Waals surface area (Å²) in [6.45, 7) is 1.65. The summed E-state index contributed by atoms with van der Waals surface area (Å²) in [5, 5.41) is 2.28. The molecule has 2 heterocycles. The Morgan fingerprint density at radius 1 is 0.853 bits per heavy atom. The number of aromatic nitrogens is 1. The third-order valence-electron chi connectivity index (χ3n) is 5.60. The molecule has 0 radical (unpaired) electrons. The smallest absolute Gasteiger partial charge is 0.339 e. The van der Waals surface area contributed by atoms with Crippen LogP contribution in [-0.4, -0.2) is 52.8 Å². The summed E-state index contributed by atoms with van der Waals surface area (Å²) in [4.78, 5) is 33.0. The van der Waals surface area contributed by atoms with Crippen LogP contribution in [0.25, 0.3) is 10.6 Å². The van der Waals surface area contributed by atoms with E-state index in [1.54, 1.807) is 27.3 Å². The van der Waals surface area contributed by atoms with E-state index in [2.05, 4.69) is 4.98 Å². The average molecular weight is 492 g/mol. The molecular formula is C24H21F4N3O2S. The van der Waals surface area contributed by atoms with Crippen molar-refractivity contribution in [3.05, 3.63) is 76.5 Å². The van der Waals surface area contributed by atoms with Crippen LogP contribution in [0.2, 0.25) is 0 Å². The third-order valence-corrected chi connectivity index (χ3v) is 6.54. The van der Waals surface area contributed by atoms with E-state index < -0.39 is 11.7 Å². The van der Waals surface area contributed by atoms with Crippen molar-refractivity contribution in [3.8, 4) is 10.6 Å². The number of hydrogen-bond donors (Lipinski definition) is 0. The van der Waals surface area contributed by atoms with Crippen molar-refractivity contribution in [2.75, 3.05) is 26.2 Å². The van der Waals surface area contributed by atoms with Crippen molar-refractivity contribution in [1.82, 2.24) is 14.8 Å². The second-order valence-electron chi connectivity index (χ2n) is 7.96. The molecule has 0 aliphatic carbocycles. The largest absolute Gasteiger partial charge is 0.416 e. The van der Waals surface area contributed by atoms with Gasteiger partial charge < -0.3 is 9.80 Å². The molecule has 1 aromatic heterocycles. The zero-order valence-corrected chi connectivity index (χ0v) is 18.8. The number of carbonyl (C=O) groups is 2. The second kappa shape index (κ2) is 9.92. The third kappa shape index (κ3) is 5.80. The van der Waals surface area contributed by atoms with Crippen molar-refractivity contribution in [2.45, 2.75) is 19.0 Å². The zero-order chi connectivity index (χ0) is 24.3. The van der Waals surface area contributed by atoms with Crippen LogP contribution >= 0.6 is 11.3 Å². The molecule has 0 atom stereocenters. The van der Waals surface area contributed by atoms with Gasteiger partial charge in [-0.05, 0) is 29.8 Å². The average Bonchev–Trinajstić information content (AvgIpc) is 3.28. The van der Waals surface area contributed by atoms with Crippen molar-refractivity contribution in [2.24, 2.45) is 0 Å². The number of amides is 2. The Balaban J connectivity index is 1.28. The van der Waals surface area contributed by atoms with Crippen LogP contribution in [0, 0.1) is 5.82 Å². The molecule has 5 nitrogen and oxygen atoms in total. The fourth-order valence-electron chi connectivity index (χ4n) is 3.68. The molecule has 4 rings (SSSR count). The number of rotatable bonds is 5. The first-order valence-corrected chi connectivity index (χ1v) is 11.5. The van der Waals surface area contributed by atoms with Gasteiger partial charge in [0, 0.05) is 37.1 Å². The number of carbonyl (C=O) groups excluding carboxylic acids is 2. The van der Waals surface area contributed by atoms with E-state index in [0.717, 1.165) is 17.7 Å². The van der Waals surface area contributed by atoms with E-state index in [1.165, 1.54) is 35.6 Å². The van der Waals surface area contributed by atoms with Gasteiger partial charge in [-0.25, -0.2) is 9.37 Å². The lowest BCUT2D eigenvalue weighted by atomic mass is 10.1. The lowest BCUT2D eigenvalue weighted by Gasteiger charge is -2.34. The first-order valence-electron chi connectivity index (χ1n) is 10.6. The van der Waals surface area contributed by atoms with Crippen molar-refractivity contribution < 1.29 is 27.2 Å². The SMILES string of the molecule is O=C(Cc1ccc(F)cc1)N1CCN(C(=O)Cc2csc(-c3ccc(C(F)(F)F)cc3)n2)CC1. The molecule has 1 aliphatic rings. The molecule has 1 fully saturated rings. The van der Waals surface area contributed by atoms with E-state index in [9.17, 15) is 27.2 Å². The Bertz CT molecular complexity index is 1150. The summed E-state index contributed by atoms with van der Waals surface area (Å²) < 4.78 is 51.2. The summed E-state index contributed by atoms with van der Waals surface area (Å²) in [5.41, 5.74) is 1.13. The monoisotopic (exact) mass is 491 g/mol. The molecule has 1 aliphatic heterocycles. The number of nitrogens with zero attached hydrogens (tertiary/aromatic N) is 3. The fraction of sp³-hybridized carbons (Fsp3) is 0.292. The predicted molar refractivity (Wildman–Crippen MR) is 120 cm³/mol. The van der Waals surface area contributed by atoms with Gasteiger partial charge in [0.15, 0.2) is 0 Å². The highest BCUT2D eigenvalue weighted by Crippen LogP contribution is 2.31. The number of hydrogen-bond acceptors (Lipinski definition) is 4. The highest BCUT2D eigenvalue weighted by atomic mass is 32.1. The van der Waals surface area contributed by atoms with Gasteiger partial charge in [-0.3, -0.25) is 9.59 Å². The highest BCUT2D eigenvalue weighted by Gasteiger charge is 2.30. The van der Waals surface area contributed by atoms with Crippen molar-refractivity contribution in [3.63, 3.8) is 0 Å². The molecule has 2 aromatic carbocycles. The van der Waals surface area contributed by atoms with Gasteiger partial charge in [0.05, 0.1) is 24.1 Å². The number of halogens is 4. The van der Waals surface area contributed by atoms with E-state index in [-0.39, 0.29) is 30.5 Å². The molecular weight excluding hydrogens is 470 g/mol. The molecule has 3 aromatic rings. The molecule has 0 unspecified atom stereocenters. The Kier molecular flexibility index (Phi) is 6.97. The minimum absolute atomic E-state index is 0.0700. The Morgan fingerprint density at radius 3 is 1.97 bits per heavy atom. The number of alkyl halides is 3. The summed E-state index contributed by atoms with van der Waals surface area (Å²) in [5.74, 6) is -0.538. The summed E-state index contributed by atoms with van der Waals surface area (Å²) in [6, 6.07) is 10.6. The van der Waals surface area contributed by atoms with Gasteiger partial charge in [0.25, 0.3) is 0 Å². The van der Waals surface area contributed by atoms with E-state index >= 15 is 0 Å². The van der Waals surface area contributed by atoms with Gasteiger partial charge in [0.2, 0.25) is 11.8 Å². The maximum Gasteiger partial charge on any atom is 0.416 e. The molecule has 2 amide bonds. The van der Waals surface area contributed by atoms with Crippen LogP contribution < -0.4 is 0 Å². The Hall–Kier alpha value is -3.27. The van der Waals surface area contributed by atoms with E-state index in [4.69, 9.17) is 0 Å². The van der Waals surface area contributed by atoms with E-state index in [1.807, 2.05) is 0 Å². The van der Waals surface area contributed by atoms with Crippen LogP contribution in [0.15, 0.2) is 53.9 Å². The Labute approximate surface area is 197 Å². The van der Waals surface area contributed by atoms with Gasteiger partial charge in [-0.1, -0.05) is 24.3 Å². The predicted octanol–water partition coefficient (Wildman–Crippen LogP) is 4.42.